The second kappa shape index (κ2) is 5.13. The Morgan fingerprint density at radius 3 is 2.78 bits per heavy atom. The first-order valence-electron chi connectivity index (χ1n) is 6.31. The predicted octanol–water partition coefficient (Wildman–Crippen LogP) is 4.83. The van der Waals surface area contributed by atoms with Crippen molar-refractivity contribution in [1.82, 2.24) is 4.57 Å². The van der Waals surface area contributed by atoms with Crippen LogP contribution in [0, 0.1) is 0 Å². The van der Waals surface area contributed by atoms with Crippen LogP contribution < -0.4 is 0 Å². The van der Waals surface area contributed by atoms with Crippen LogP contribution in [-0.2, 0) is 0 Å². The zero-order chi connectivity index (χ0) is 13.1. The number of rotatable bonds is 4. The lowest BCUT2D eigenvalue weighted by Crippen LogP contribution is -2.00. The third kappa shape index (κ3) is 2.19. The molecule has 0 unspecified atom stereocenters. The molecule has 2 nitrogen and oxygen atoms in total. The summed E-state index contributed by atoms with van der Waals surface area (Å²) in [5.74, 6) is 0.288. The molecule has 1 heterocycles. The highest BCUT2D eigenvalue weighted by atomic mass is 16.3. The maximum Gasteiger partial charge on any atom is 0.191 e. The highest BCUT2D eigenvalue weighted by Crippen LogP contribution is 2.27. The lowest BCUT2D eigenvalue weighted by Gasteiger charge is -2.09. The van der Waals surface area contributed by atoms with Crippen molar-refractivity contribution in [2.24, 2.45) is 0 Å². The number of hydrogen-bond acceptors (Lipinski definition) is 1. The van der Waals surface area contributed by atoms with Crippen molar-refractivity contribution < 1.29 is 5.11 Å². The summed E-state index contributed by atoms with van der Waals surface area (Å²) in [4.78, 5) is 0. The molecule has 94 valence electrons. The quantitative estimate of drug-likeness (QED) is 0.762. The van der Waals surface area contributed by atoms with E-state index in [2.05, 4.69) is 19.6 Å². The average molecular weight is 241 g/mol. The zero-order valence-electron chi connectivity index (χ0n) is 11.0. The van der Waals surface area contributed by atoms with E-state index in [1.807, 2.05) is 41.8 Å². The Bertz CT molecular complexity index is 605. The van der Waals surface area contributed by atoms with Gasteiger partial charge in [0.15, 0.2) is 5.88 Å². The maximum atomic E-state index is 10.3. The third-order valence-electron chi connectivity index (χ3n) is 2.99. The van der Waals surface area contributed by atoms with E-state index in [9.17, 15) is 5.11 Å². The fourth-order valence-corrected chi connectivity index (χ4v) is 2.08. The molecular formula is C16H19NO. The number of para-hydroxylation sites is 1. The van der Waals surface area contributed by atoms with Gasteiger partial charge in [-0.3, -0.25) is 4.57 Å². The Hall–Kier alpha value is -1.96. The molecule has 2 rings (SSSR count). The highest BCUT2D eigenvalue weighted by molar-refractivity contribution is 5.88. The molecule has 1 N–H and O–H groups in total. The molecule has 0 saturated carbocycles. The van der Waals surface area contributed by atoms with Gasteiger partial charge in [-0.1, -0.05) is 38.1 Å². The minimum Gasteiger partial charge on any atom is -0.494 e. The largest absolute Gasteiger partial charge is 0.494 e. The van der Waals surface area contributed by atoms with Crippen molar-refractivity contribution in [1.29, 1.82) is 0 Å². The van der Waals surface area contributed by atoms with Gasteiger partial charge in [0.05, 0.1) is 11.2 Å². The van der Waals surface area contributed by atoms with Crippen LogP contribution in [0.5, 0.6) is 0 Å². The van der Waals surface area contributed by atoms with E-state index < -0.39 is 0 Å². The smallest absolute Gasteiger partial charge is 0.191 e. The maximum absolute atomic E-state index is 10.3. The minimum absolute atomic E-state index is 0.288. The van der Waals surface area contributed by atoms with Gasteiger partial charge in [0, 0.05) is 5.39 Å². The second-order valence-electron chi connectivity index (χ2n) is 4.56. The van der Waals surface area contributed by atoms with Gasteiger partial charge in [-0.2, -0.15) is 0 Å². The number of benzene rings is 1. The summed E-state index contributed by atoms with van der Waals surface area (Å²) in [5.41, 5.74) is 2.92. The Labute approximate surface area is 108 Å². The standard InChI is InChI=1S/C16H19NO/c1-4-5-10-16(18)17-14-9-7-6-8-13(14)11-15(17)12(2)3/h6-11,18H,2,4-5H2,1,3H3. The molecule has 0 saturated heterocycles. The van der Waals surface area contributed by atoms with Crippen LogP contribution in [-0.4, -0.2) is 9.67 Å². The lowest BCUT2D eigenvalue weighted by atomic mass is 10.2. The number of allylic oxidation sites excluding steroid dienone is 2. The summed E-state index contributed by atoms with van der Waals surface area (Å²) in [6.07, 6.45) is 3.75. The molecular weight excluding hydrogens is 222 g/mol. The van der Waals surface area contributed by atoms with Gasteiger partial charge in [-0.15, -0.1) is 0 Å². The third-order valence-corrected chi connectivity index (χ3v) is 2.99. The van der Waals surface area contributed by atoms with Crippen LogP contribution in [0.1, 0.15) is 32.4 Å². The van der Waals surface area contributed by atoms with Crippen molar-refractivity contribution in [3.05, 3.63) is 48.7 Å². The van der Waals surface area contributed by atoms with E-state index in [1.165, 1.54) is 0 Å². The number of fused-ring (bicyclic) bond motifs is 1. The Balaban J connectivity index is 2.65. The molecule has 1 aromatic carbocycles. The van der Waals surface area contributed by atoms with E-state index in [0.717, 1.165) is 35.0 Å². The van der Waals surface area contributed by atoms with Crippen molar-refractivity contribution in [2.45, 2.75) is 26.7 Å². The second-order valence-corrected chi connectivity index (χ2v) is 4.56. The van der Waals surface area contributed by atoms with Crippen LogP contribution in [0.15, 0.2) is 43.0 Å². The first-order valence-corrected chi connectivity index (χ1v) is 6.31. The summed E-state index contributed by atoms with van der Waals surface area (Å²) < 4.78 is 1.87. The molecule has 0 aliphatic rings. The summed E-state index contributed by atoms with van der Waals surface area (Å²) >= 11 is 0. The number of aromatic nitrogens is 1. The Morgan fingerprint density at radius 1 is 1.39 bits per heavy atom. The molecule has 18 heavy (non-hydrogen) atoms. The predicted molar refractivity (Wildman–Crippen MR) is 78.5 cm³/mol. The summed E-state index contributed by atoms with van der Waals surface area (Å²) in [6.45, 7) is 8.04. The number of hydrogen-bond donors (Lipinski definition) is 1. The van der Waals surface area contributed by atoms with Gasteiger partial charge in [0.1, 0.15) is 0 Å². The van der Waals surface area contributed by atoms with Gasteiger partial charge in [-0.25, -0.2) is 0 Å². The van der Waals surface area contributed by atoms with E-state index in [4.69, 9.17) is 0 Å². The van der Waals surface area contributed by atoms with Gasteiger partial charge in [0.2, 0.25) is 0 Å². The van der Waals surface area contributed by atoms with Crippen LogP contribution in [0.2, 0.25) is 0 Å². The van der Waals surface area contributed by atoms with E-state index in [-0.39, 0.29) is 5.88 Å². The van der Waals surface area contributed by atoms with E-state index in [0.29, 0.717) is 0 Å². The van der Waals surface area contributed by atoms with Crippen molar-refractivity contribution in [3.63, 3.8) is 0 Å². The van der Waals surface area contributed by atoms with E-state index in [1.54, 1.807) is 0 Å². The molecule has 0 radical (unpaired) electrons. The van der Waals surface area contributed by atoms with Crippen molar-refractivity contribution >= 4 is 22.4 Å². The van der Waals surface area contributed by atoms with E-state index >= 15 is 0 Å². The zero-order valence-corrected chi connectivity index (χ0v) is 11.0. The topological polar surface area (TPSA) is 25.2 Å². The Morgan fingerprint density at radius 2 is 2.11 bits per heavy atom. The van der Waals surface area contributed by atoms with Crippen molar-refractivity contribution in [2.75, 3.05) is 0 Å². The molecule has 0 aliphatic heterocycles. The average Bonchev–Trinajstić information content (AvgIpc) is 2.75. The first kappa shape index (κ1) is 12.5. The van der Waals surface area contributed by atoms with Crippen molar-refractivity contribution in [3.8, 4) is 0 Å². The summed E-state index contributed by atoms with van der Waals surface area (Å²) in [5, 5.41) is 11.4. The number of nitrogens with zero attached hydrogens (tertiary/aromatic N) is 1. The molecule has 0 aliphatic carbocycles. The molecule has 1 aromatic heterocycles. The van der Waals surface area contributed by atoms with Gasteiger partial charge in [0.25, 0.3) is 0 Å². The molecule has 0 fully saturated rings. The number of aliphatic hydroxyl groups is 1. The normalized spacial score (nSPS) is 12.0. The van der Waals surface area contributed by atoms with Crippen LogP contribution in [0.4, 0.5) is 0 Å². The van der Waals surface area contributed by atoms with Crippen LogP contribution >= 0.6 is 0 Å². The SMILES string of the molecule is C=C(C)c1cc2ccccc2n1C(O)=CCCC. The molecule has 0 spiro atoms. The van der Waals surface area contributed by atoms with Gasteiger partial charge >= 0.3 is 0 Å². The van der Waals surface area contributed by atoms with Gasteiger partial charge < -0.3 is 5.11 Å². The number of unbranched alkanes of at least 4 members (excludes halogenated alkanes) is 1. The van der Waals surface area contributed by atoms with Crippen LogP contribution in [0.3, 0.4) is 0 Å². The monoisotopic (exact) mass is 241 g/mol. The first-order chi connectivity index (χ1) is 8.65. The summed E-state index contributed by atoms with van der Waals surface area (Å²) in [6, 6.07) is 10.1. The molecule has 2 heteroatoms. The number of aliphatic hydroxyl groups excluding tert-OH is 1. The summed E-state index contributed by atoms with van der Waals surface area (Å²) in [7, 11) is 0. The fourth-order valence-electron chi connectivity index (χ4n) is 2.08. The molecule has 0 bridgehead atoms. The van der Waals surface area contributed by atoms with Gasteiger partial charge in [-0.05, 0) is 37.1 Å². The fraction of sp³-hybridized carbons (Fsp3) is 0.250. The molecule has 2 aromatic rings. The lowest BCUT2D eigenvalue weighted by molar-refractivity contribution is 0.472. The Kier molecular flexibility index (Phi) is 3.56. The molecule has 0 atom stereocenters. The van der Waals surface area contributed by atoms with Crippen LogP contribution in [0.25, 0.3) is 22.4 Å². The molecule has 0 amide bonds. The highest BCUT2D eigenvalue weighted by Gasteiger charge is 2.11. The minimum atomic E-state index is 0.288.